The molecular formula is C18H27N2O4+. The molecule has 1 heterocycles. The number of nitrogens with zero attached hydrogens (tertiary/aromatic N) is 2. The van der Waals surface area contributed by atoms with Crippen LogP contribution in [0.4, 0.5) is 11.4 Å². The van der Waals surface area contributed by atoms with E-state index in [1.807, 2.05) is 6.07 Å². The average Bonchev–Trinajstić information content (AvgIpc) is 2.78. The molecule has 0 saturated carbocycles. The van der Waals surface area contributed by atoms with Gasteiger partial charge < -0.3 is 0 Å². The molecule has 1 unspecified atom stereocenters. The van der Waals surface area contributed by atoms with E-state index >= 15 is 0 Å². The largest absolute Gasteiger partial charge is 0.270 e. The van der Waals surface area contributed by atoms with E-state index in [0.717, 1.165) is 43.5 Å². The summed E-state index contributed by atoms with van der Waals surface area (Å²) in [5, 5.41) is 11.2. The predicted octanol–water partition coefficient (Wildman–Crippen LogP) is 4.13. The molecule has 24 heavy (non-hydrogen) atoms. The van der Waals surface area contributed by atoms with Crippen LogP contribution in [0, 0.1) is 10.1 Å². The number of benzene rings is 1. The topological polar surface area (TPSA) is 64.6 Å². The van der Waals surface area contributed by atoms with Gasteiger partial charge in [0.15, 0.2) is 5.71 Å². The van der Waals surface area contributed by atoms with Gasteiger partial charge in [-0.3, -0.25) is 10.1 Å². The van der Waals surface area contributed by atoms with Crippen molar-refractivity contribution >= 4 is 17.1 Å². The molecule has 0 aromatic heterocycles. The van der Waals surface area contributed by atoms with Gasteiger partial charge >= 0.3 is 0 Å². The number of hydrogen-bond acceptors (Lipinski definition) is 4. The van der Waals surface area contributed by atoms with Crippen LogP contribution in [0.1, 0.15) is 52.0 Å². The van der Waals surface area contributed by atoms with E-state index in [9.17, 15) is 10.1 Å². The third-order valence-corrected chi connectivity index (χ3v) is 5.12. The minimum atomic E-state index is -0.313. The van der Waals surface area contributed by atoms with Crippen LogP contribution in [0.3, 0.4) is 0 Å². The molecular weight excluding hydrogens is 308 g/mol. The van der Waals surface area contributed by atoms with Gasteiger partial charge in [0, 0.05) is 30.7 Å². The van der Waals surface area contributed by atoms with Crippen LogP contribution in [-0.2, 0) is 15.2 Å². The predicted molar refractivity (Wildman–Crippen MR) is 93.0 cm³/mol. The number of hydrogen-bond donors (Lipinski definition) is 0. The van der Waals surface area contributed by atoms with Crippen LogP contribution in [-0.4, -0.2) is 35.5 Å². The Morgan fingerprint density at radius 1 is 1.29 bits per heavy atom. The first-order valence-electron chi connectivity index (χ1n) is 8.51. The highest BCUT2D eigenvalue weighted by Crippen LogP contribution is 2.44. The first kappa shape index (κ1) is 18.5. The maximum Gasteiger partial charge on any atom is 0.270 e. The summed E-state index contributed by atoms with van der Waals surface area (Å²) in [6.07, 6.45) is 4.00. The van der Waals surface area contributed by atoms with Gasteiger partial charge in [0.1, 0.15) is 6.54 Å². The summed E-state index contributed by atoms with van der Waals surface area (Å²) in [6, 6.07) is 5.24. The first-order chi connectivity index (χ1) is 11.5. The molecule has 1 aliphatic rings. The lowest BCUT2D eigenvalue weighted by Crippen LogP contribution is -2.30. The summed E-state index contributed by atoms with van der Waals surface area (Å²) < 4.78 is 2.27. The highest BCUT2D eigenvalue weighted by molar-refractivity contribution is 5.94. The van der Waals surface area contributed by atoms with E-state index in [2.05, 4.69) is 30.2 Å². The molecule has 0 saturated heterocycles. The second kappa shape index (κ2) is 7.85. The minimum Gasteiger partial charge on any atom is -0.258 e. The van der Waals surface area contributed by atoms with Crippen LogP contribution in [0.15, 0.2) is 18.2 Å². The van der Waals surface area contributed by atoms with Crippen molar-refractivity contribution in [1.29, 1.82) is 0 Å². The molecule has 132 valence electrons. The van der Waals surface area contributed by atoms with Crippen molar-refractivity contribution in [2.75, 3.05) is 20.3 Å². The standard InChI is InChI=1S/C18H27N2O4/c1-5-19-14(2)18(3,11-7-6-8-12-24-23-4)16-13-15(20(21)22)9-10-17(16)19/h9-10,13H,5-8,11-12H2,1-4H3/q+1. The number of nitro groups is 1. The third-order valence-electron chi connectivity index (χ3n) is 5.12. The smallest absolute Gasteiger partial charge is 0.258 e. The Labute approximate surface area is 143 Å². The molecule has 0 aliphatic carbocycles. The van der Waals surface area contributed by atoms with E-state index in [4.69, 9.17) is 4.89 Å². The molecule has 0 N–H and O–H groups in total. The summed E-state index contributed by atoms with van der Waals surface area (Å²) in [5.74, 6) is 0. The number of non-ortho nitro benzene ring substituents is 1. The summed E-state index contributed by atoms with van der Waals surface area (Å²) in [7, 11) is 1.51. The van der Waals surface area contributed by atoms with Crippen LogP contribution >= 0.6 is 0 Å². The average molecular weight is 335 g/mol. The number of unbranched alkanes of at least 4 members (excludes halogenated alkanes) is 2. The second-order valence-electron chi connectivity index (χ2n) is 6.42. The lowest BCUT2D eigenvalue weighted by atomic mass is 9.76. The van der Waals surface area contributed by atoms with Gasteiger partial charge in [-0.1, -0.05) is 12.8 Å². The van der Waals surface area contributed by atoms with E-state index in [1.54, 1.807) is 12.1 Å². The molecule has 0 bridgehead atoms. The molecule has 0 amide bonds. The summed E-state index contributed by atoms with van der Waals surface area (Å²) in [6.45, 7) is 7.92. The Hall–Kier alpha value is -1.79. The Morgan fingerprint density at radius 2 is 2.04 bits per heavy atom. The fourth-order valence-electron chi connectivity index (χ4n) is 3.61. The summed E-state index contributed by atoms with van der Waals surface area (Å²) in [5.41, 5.74) is 3.46. The maximum absolute atomic E-state index is 11.2. The molecule has 6 nitrogen and oxygen atoms in total. The molecule has 0 radical (unpaired) electrons. The van der Waals surface area contributed by atoms with Crippen molar-refractivity contribution < 1.29 is 19.3 Å². The monoisotopic (exact) mass is 335 g/mol. The van der Waals surface area contributed by atoms with Crippen LogP contribution in [0.25, 0.3) is 0 Å². The van der Waals surface area contributed by atoms with Crippen molar-refractivity contribution in [3.8, 4) is 0 Å². The molecule has 1 aromatic carbocycles. The van der Waals surface area contributed by atoms with Crippen molar-refractivity contribution in [3.63, 3.8) is 0 Å². The van der Waals surface area contributed by atoms with Gasteiger partial charge in [-0.25, -0.2) is 9.78 Å². The van der Waals surface area contributed by atoms with Crippen molar-refractivity contribution in [1.82, 2.24) is 0 Å². The zero-order chi connectivity index (χ0) is 17.7. The molecule has 2 rings (SSSR count). The van der Waals surface area contributed by atoms with Crippen molar-refractivity contribution in [3.05, 3.63) is 33.9 Å². The normalized spacial score (nSPS) is 19.7. The van der Waals surface area contributed by atoms with E-state index < -0.39 is 0 Å². The molecule has 1 aromatic rings. The quantitative estimate of drug-likeness (QED) is 0.224. The van der Waals surface area contributed by atoms with Crippen molar-refractivity contribution in [2.45, 2.75) is 51.9 Å². The minimum absolute atomic E-state index is 0.153. The summed E-state index contributed by atoms with van der Waals surface area (Å²) >= 11 is 0. The third kappa shape index (κ3) is 3.49. The molecule has 1 aliphatic heterocycles. The lowest BCUT2D eigenvalue weighted by Gasteiger charge is -2.22. The van der Waals surface area contributed by atoms with Gasteiger partial charge in [-0.15, -0.1) is 0 Å². The van der Waals surface area contributed by atoms with Crippen LogP contribution < -0.4 is 0 Å². The van der Waals surface area contributed by atoms with Gasteiger partial charge in [-0.2, -0.15) is 4.58 Å². The lowest BCUT2D eigenvalue weighted by molar-refractivity contribution is -0.434. The first-order valence-corrected chi connectivity index (χ1v) is 8.51. The second-order valence-corrected chi connectivity index (χ2v) is 6.42. The summed E-state index contributed by atoms with van der Waals surface area (Å²) in [4.78, 5) is 20.3. The number of nitro benzene ring substituents is 1. The SMILES string of the molecule is CC[N+]1=C(C)C(C)(CCCCCOOC)c2cc([N+](=O)[O-])ccc21. The van der Waals surface area contributed by atoms with Gasteiger partial charge in [0.25, 0.3) is 5.69 Å². The zero-order valence-corrected chi connectivity index (χ0v) is 15.0. The highest BCUT2D eigenvalue weighted by atomic mass is 17.2. The molecule has 0 spiro atoms. The molecule has 1 atom stereocenters. The van der Waals surface area contributed by atoms with Gasteiger partial charge in [-0.05, 0) is 26.7 Å². The zero-order valence-electron chi connectivity index (χ0n) is 15.0. The van der Waals surface area contributed by atoms with Crippen LogP contribution in [0.5, 0.6) is 0 Å². The van der Waals surface area contributed by atoms with E-state index in [-0.39, 0.29) is 16.0 Å². The highest BCUT2D eigenvalue weighted by Gasteiger charge is 2.46. The fourth-order valence-corrected chi connectivity index (χ4v) is 3.61. The maximum atomic E-state index is 11.2. The van der Waals surface area contributed by atoms with Crippen LogP contribution in [0.2, 0.25) is 0 Å². The Balaban J connectivity index is 2.21. The fraction of sp³-hybridized carbons (Fsp3) is 0.611. The molecule has 0 fully saturated rings. The molecule has 6 heteroatoms. The van der Waals surface area contributed by atoms with E-state index in [1.165, 1.54) is 12.8 Å². The number of fused-ring (bicyclic) bond motifs is 1. The van der Waals surface area contributed by atoms with Gasteiger partial charge in [0.05, 0.1) is 24.1 Å². The Kier molecular flexibility index (Phi) is 6.07. The van der Waals surface area contributed by atoms with E-state index in [0.29, 0.717) is 6.61 Å². The van der Waals surface area contributed by atoms with Gasteiger partial charge in [0.2, 0.25) is 5.69 Å². The Morgan fingerprint density at radius 3 is 2.67 bits per heavy atom. The van der Waals surface area contributed by atoms with Crippen molar-refractivity contribution in [2.24, 2.45) is 0 Å². The Bertz CT molecular complexity index is 642. The number of rotatable bonds is 9.